The Kier molecular flexibility index (Phi) is 7.38. The molecule has 1 aliphatic carbocycles. The first-order valence-electron chi connectivity index (χ1n) is 12.2. The molecule has 4 rings (SSSR count). The first kappa shape index (κ1) is 23.0. The Bertz CT molecular complexity index is 1290. The lowest BCUT2D eigenvalue weighted by Crippen LogP contribution is -2.21. The molecule has 0 spiro atoms. The number of hydrogen-bond donors (Lipinski definition) is 0. The molecule has 0 atom stereocenters. The number of rotatable bonds is 9. The quantitative estimate of drug-likeness (QED) is 0.164. The van der Waals surface area contributed by atoms with Crippen LogP contribution in [0.4, 0.5) is 5.69 Å². The monoisotopic (exact) mass is 443 g/mol. The van der Waals surface area contributed by atoms with Gasteiger partial charge in [0, 0.05) is 48.1 Å². The Morgan fingerprint density at radius 2 is 1.70 bits per heavy atom. The van der Waals surface area contributed by atoms with Gasteiger partial charge in [-0.3, -0.25) is 4.79 Å². The van der Waals surface area contributed by atoms with Crippen LogP contribution in [0.3, 0.4) is 0 Å². The maximum atomic E-state index is 12.6. The normalized spacial score (nSPS) is 12.2. The summed E-state index contributed by atoms with van der Waals surface area (Å²) >= 11 is 0. The summed E-state index contributed by atoms with van der Waals surface area (Å²) in [5.74, 6) is 0.570. The maximum Gasteiger partial charge on any atom is 0.246 e. The molecule has 0 radical (unpaired) electrons. The summed E-state index contributed by atoms with van der Waals surface area (Å²) in [5.41, 5.74) is 3.45. The smallest absolute Gasteiger partial charge is 0.246 e. The van der Waals surface area contributed by atoms with E-state index in [2.05, 4.69) is 36.7 Å². The van der Waals surface area contributed by atoms with Crippen LogP contribution in [-0.4, -0.2) is 24.0 Å². The van der Waals surface area contributed by atoms with Crippen molar-refractivity contribution >= 4 is 33.5 Å². The van der Waals surface area contributed by atoms with Crippen LogP contribution in [0.1, 0.15) is 59.3 Å². The number of aromatic nitrogens is 1. The minimum Gasteiger partial charge on any atom is -0.453 e. The largest absolute Gasteiger partial charge is 0.453 e. The number of hydrogen-bond acceptors (Lipinski definition) is 4. The van der Waals surface area contributed by atoms with Gasteiger partial charge < -0.3 is 9.32 Å². The molecule has 0 aromatic heterocycles. The van der Waals surface area contributed by atoms with E-state index in [4.69, 9.17) is 9.40 Å². The molecule has 2 aliphatic rings. The van der Waals surface area contributed by atoms with Crippen molar-refractivity contribution < 1.29 is 9.21 Å². The highest BCUT2D eigenvalue weighted by molar-refractivity contribution is 5.97. The maximum absolute atomic E-state index is 12.6. The van der Waals surface area contributed by atoms with Crippen LogP contribution in [0.25, 0.3) is 33.3 Å². The van der Waals surface area contributed by atoms with Crippen molar-refractivity contribution in [2.75, 3.05) is 18.0 Å². The minimum atomic E-state index is -0.0754. The average molecular weight is 444 g/mol. The number of benzene rings is 3. The zero-order valence-electron chi connectivity index (χ0n) is 19.9. The standard InChI is InChI=1S/C28H33N3O2/c1-4-7-8-9-10-15-27(32)29-24-19-26-28(22-14-12-11-13-21(22)24)30-23-17-16-20(18-25(23)33-26)31(5-2)6-3/h11-14,16-19H,4-10,15H2,1-3H3. The van der Waals surface area contributed by atoms with Crippen molar-refractivity contribution in [2.45, 2.75) is 59.3 Å². The van der Waals surface area contributed by atoms with Crippen LogP contribution in [-0.2, 0) is 4.79 Å². The lowest BCUT2D eigenvalue weighted by atomic mass is 10.0. The molecule has 0 N–H and O–H groups in total. The molecule has 1 aliphatic heterocycles. The first-order valence-corrected chi connectivity index (χ1v) is 12.2. The zero-order valence-corrected chi connectivity index (χ0v) is 19.9. The van der Waals surface area contributed by atoms with Gasteiger partial charge in [-0.2, -0.15) is 0 Å². The molecular formula is C28H33N3O2. The Labute approximate surface area is 195 Å². The molecule has 0 saturated carbocycles. The van der Waals surface area contributed by atoms with Gasteiger partial charge in [-0.25, -0.2) is 9.98 Å². The van der Waals surface area contributed by atoms with Crippen molar-refractivity contribution in [3.8, 4) is 11.5 Å². The molecule has 5 nitrogen and oxygen atoms in total. The summed E-state index contributed by atoms with van der Waals surface area (Å²) in [6.45, 7) is 8.34. The lowest BCUT2D eigenvalue weighted by molar-refractivity contribution is -0.118. The predicted octanol–water partition coefficient (Wildman–Crippen LogP) is 6.72. The van der Waals surface area contributed by atoms with Gasteiger partial charge in [0.15, 0.2) is 11.3 Å². The molecule has 2 aromatic rings. The Morgan fingerprint density at radius 3 is 2.45 bits per heavy atom. The van der Waals surface area contributed by atoms with Crippen LogP contribution < -0.4 is 10.3 Å². The second-order valence-corrected chi connectivity index (χ2v) is 8.50. The Balaban J connectivity index is 1.77. The average Bonchev–Trinajstić information content (AvgIpc) is 2.83. The summed E-state index contributed by atoms with van der Waals surface area (Å²) in [7, 11) is 0. The highest BCUT2D eigenvalue weighted by atomic mass is 16.3. The van der Waals surface area contributed by atoms with Crippen molar-refractivity contribution in [3.63, 3.8) is 0 Å². The second kappa shape index (κ2) is 10.6. The number of anilines is 1. The van der Waals surface area contributed by atoms with E-state index in [1.807, 2.05) is 42.5 Å². The molecule has 1 heterocycles. The van der Waals surface area contributed by atoms with E-state index in [0.717, 1.165) is 59.2 Å². The SMILES string of the molecule is CCCCCCCC(=O)N=c1cc2oc3cc(N(CC)CC)ccc3nc-2c2ccccc12. The number of unbranched alkanes of at least 4 members (excludes halogenated alkanes) is 4. The van der Waals surface area contributed by atoms with E-state index >= 15 is 0 Å². The number of carbonyl (C=O) groups is 1. The molecule has 172 valence electrons. The van der Waals surface area contributed by atoms with E-state index in [1.165, 1.54) is 19.3 Å². The summed E-state index contributed by atoms with van der Waals surface area (Å²) in [6, 6.07) is 16.0. The molecule has 33 heavy (non-hydrogen) atoms. The Morgan fingerprint density at radius 1 is 0.939 bits per heavy atom. The van der Waals surface area contributed by atoms with Crippen molar-refractivity contribution in [3.05, 3.63) is 53.9 Å². The van der Waals surface area contributed by atoms with Crippen molar-refractivity contribution in [1.82, 2.24) is 4.98 Å². The van der Waals surface area contributed by atoms with Gasteiger partial charge in [-0.05, 0) is 32.4 Å². The molecule has 0 saturated heterocycles. The molecular weight excluding hydrogens is 410 g/mol. The number of carbonyl (C=O) groups excluding carboxylic acids is 1. The van der Waals surface area contributed by atoms with E-state index in [0.29, 0.717) is 17.5 Å². The third kappa shape index (κ3) is 5.08. The highest BCUT2D eigenvalue weighted by Crippen LogP contribution is 2.31. The fraction of sp³-hybridized carbons (Fsp3) is 0.393. The van der Waals surface area contributed by atoms with Gasteiger partial charge in [-0.15, -0.1) is 0 Å². The van der Waals surface area contributed by atoms with Gasteiger partial charge in [0.05, 0.1) is 5.36 Å². The summed E-state index contributed by atoms with van der Waals surface area (Å²) in [4.78, 5) is 24.3. The highest BCUT2D eigenvalue weighted by Gasteiger charge is 2.16. The predicted molar refractivity (Wildman–Crippen MR) is 136 cm³/mol. The van der Waals surface area contributed by atoms with E-state index in [-0.39, 0.29) is 5.91 Å². The fourth-order valence-electron chi connectivity index (χ4n) is 4.37. The molecule has 0 fully saturated rings. The van der Waals surface area contributed by atoms with E-state index in [9.17, 15) is 4.79 Å². The molecule has 5 heteroatoms. The van der Waals surface area contributed by atoms with Crippen LogP contribution in [0.2, 0.25) is 0 Å². The molecule has 0 unspecified atom stereocenters. The van der Waals surface area contributed by atoms with Gasteiger partial charge in [-0.1, -0.05) is 56.9 Å². The zero-order chi connectivity index (χ0) is 23.2. The van der Waals surface area contributed by atoms with Gasteiger partial charge in [0.25, 0.3) is 0 Å². The molecule has 1 amide bonds. The number of nitrogens with zero attached hydrogens (tertiary/aromatic N) is 3. The van der Waals surface area contributed by atoms with Gasteiger partial charge in [0.2, 0.25) is 5.91 Å². The third-order valence-electron chi connectivity index (χ3n) is 6.22. The van der Waals surface area contributed by atoms with Gasteiger partial charge >= 0.3 is 0 Å². The summed E-state index contributed by atoms with van der Waals surface area (Å²) < 4.78 is 6.32. The molecule has 0 bridgehead atoms. The Hall–Kier alpha value is -3.21. The summed E-state index contributed by atoms with van der Waals surface area (Å²) in [6.07, 6.45) is 6.04. The fourth-order valence-corrected chi connectivity index (χ4v) is 4.37. The summed E-state index contributed by atoms with van der Waals surface area (Å²) in [5, 5.41) is 2.52. The van der Waals surface area contributed by atoms with Crippen LogP contribution in [0.5, 0.6) is 0 Å². The van der Waals surface area contributed by atoms with E-state index in [1.54, 1.807) is 0 Å². The lowest BCUT2D eigenvalue weighted by Gasteiger charge is -2.21. The van der Waals surface area contributed by atoms with Gasteiger partial charge in [0.1, 0.15) is 11.2 Å². The van der Waals surface area contributed by atoms with Crippen molar-refractivity contribution in [2.24, 2.45) is 4.99 Å². The molecule has 2 aromatic carbocycles. The van der Waals surface area contributed by atoms with Crippen LogP contribution in [0, 0.1) is 0 Å². The minimum absolute atomic E-state index is 0.0754. The number of amides is 1. The van der Waals surface area contributed by atoms with Crippen LogP contribution in [0.15, 0.2) is 57.9 Å². The second-order valence-electron chi connectivity index (χ2n) is 8.50. The first-order chi connectivity index (χ1) is 16.1. The topological polar surface area (TPSA) is 58.7 Å². The van der Waals surface area contributed by atoms with Crippen molar-refractivity contribution in [1.29, 1.82) is 0 Å². The van der Waals surface area contributed by atoms with E-state index < -0.39 is 0 Å². The van der Waals surface area contributed by atoms with Crippen LogP contribution >= 0.6 is 0 Å². The third-order valence-corrected chi connectivity index (χ3v) is 6.22. The number of fused-ring (bicyclic) bond motifs is 4.